The highest BCUT2D eigenvalue weighted by Gasteiger charge is 2.26. The molecule has 114 valence electrons. The first-order valence-corrected chi connectivity index (χ1v) is 9.02. The Kier molecular flexibility index (Phi) is 3.99. The number of hydrogen-bond donors (Lipinski definition) is 0. The second-order valence-corrected chi connectivity index (χ2v) is 7.98. The van der Waals surface area contributed by atoms with E-state index < -0.39 is 10.0 Å². The minimum absolute atomic E-state index is 0.278. The normalized spacial score (nSPS) is 17.0. The van der Waals surface area contributed by atoms with E-state index in [1.54, 1.807) is 13.2 Å². The predicted octanol–water partition coefficient (Wildman–Crippen LogP) is 2.29. The van der Waals surface area contributed by atoms with Crippen LogP contribution < -0.4 is 0 Å². The van der Waals surface area contributed by atoms with Gasteiger partial charge in [0.25, 0.3) is 0 Å². The summed E-state index contributed by atoms with van der Waals surface area (Å²) in [6.45, 7) is 0.361. The zero-order chi connectivity index (χ0) is 14.9. The number of pyridine rings is 1. The van der Waals surface area contributed by atoms with Gasteiger partial charge >= 0.3 is 0 Å². The van der Waals surface area contributed by atoms with Gasteiger partial charge in [0, 0.05) is 13.2 Å². The summed E-state index contributed by atoms with van der Waals surface area (Å²) < 4.78 is 28.3. The molecule has 1 fully saturated rings. The van der Waals surface area contributed by atoms with Gasteiger partial charge < -0.3 is 4.40 Å². The van der Waals surface area contributed by atoms with Crippen molar-refractivity contribution in [2.45, 2.75) is 32.2 Å². The van der Waals surface area contributed by atoms with Crippen LogP contribution in [0.3, 0.4) is 0 Å². The molecule has 6 heteroatoms. The summed E-state index contributed by atoms with van der Waals surface area (Å²) in [6, 6.07) is 5.76. The van der Waals surface area contributed by atoms with Gasteiger partial charge in [-0.1, -0.05) is 18.9 Å². The van der Waals surface area contributed by atoms with Crippen molar-refractivity contribution in [3.63, 3.8) is 0 Å². The smallest absolute Gasteiger partial charge is 0.214 e. The van der Waals surface area contributed by atoms with Crippen molar-refractivity contribution in [2.75, 3.05) is 12.8 Å². The maximum absolute atomic E-state index is 12.4. The largest absolute Gasteiger partial charge is 0.303 e. The summed E-state index contributed by atoms with van der Waals surface area (Å²) in [4.78, 5) is 4.30. The fourth-order valence-electron chi connectivity index (χ4n) is 3.03. The van der Waals surface area contributed by atoms with Crippen LogP contribution >= 0.6 is 0 Å². The highest BCUT2D eigenvalue weighted by Crippen LogP contribution is 2.27. The molecule has 0 radical (unpaired) electrons. The minimum atomic E-state index is -3.20. The standard InChI is InChI=1S/C15H21N3O2S/c1-17(21(19,20)12-13-6-2-3-7-13)11-14-10-16-15-8-4-5-9-18(14)15/h4-5,8-10,13H,2-3,6-7,11-12H2,1H3. The zero-order valence-electron chi connectivity index (χ0n) is 12.3. The number of sulfonamides is 1. The van der Waals surface area contributed by atoms with Crippen molar-refractivity contribution in [1.29, 1.82) is 0 Å². The van der Waals surface area contributed by atoms with Gasteiger partial charge in [0.2, 0.25) is 10.0 Å². The third-order valence-electron chi connectivity index (χ3n) is 4.27. The van der Waals surface area contributed by atoms with E-state index in [-0.39, 0.29) is 5.75 Å². The first-order valence-electron chi connectivity index (χ1n) is 7.41. The minimum Gasteiger partial charge on any atom is -0.303 e. The van der Waals surface area contributed by atoms with Crippen LogP contribution in [-0.2, 0) is 16.6 Å². The molecular formula is C15H21N3O2S. The van der Waals surface area contributed by atoms with Gasteiger partial charge in [-0.15, -0.1) is 0 Å². The summed E-state index contributed by atoms with van der Waals surface area (Å²) in [5.41, 5.74) is 1.73. The lowest BCUT2D eigenvalue weighted by Crippen LogP contribution is -2.31. The van der Waals surface area contributed by atoms with Gasteiger partial charge in [-0.05, 0) is 30.9 Å². The molecule has 0 N–H and O–H groups in total. The van der Waals surface area contributed by atoms with Crippen LogP contribution in [0.1, 0.15) is 31.4 Å². The van der Waals surface area contributed by atoms with Crippen molar-refractivity contribution >= 4 is 15.7 Å². The molecule has 3 rings (SSSR count). The van der Waals surface area contributed by atoms with E-state index in [1.807, 2.05) is 28.8 Å². The number of fused-ring (bicyclic) bond motifs is 1. The van der Waals surface area contributed by atoms with E-state index in [0.717, 1.165) is 37.0 Å². The van der Waals surface area contributed by atoms with Crippen molar-refractivity contribution in [1.82, 2.24) is 13.7 Å². The third kappa shape index (κ3) is 3.11. The Morgan fingerprint density at radius 1 is 1.33 bits per heavy atom. The van der Waals surface area contributed by atoms with Gasteiger partial charge in [0.05, 0.1) is 24.2 Å². The molecule has 5 nitrogen and oxygen atoms in total. The summed E-state index contributed by atoms with van der Waals surface area (Å²) in [7, 11) is -1.54. The van der Waals surface area contributed by atoms with Crippen molar-refractivity contribution < 1.29 is 8.42 Å². The van der Waals surface area contributed by atoms with Crippen molar-refractivity contribution in [3.8, 4) is 0 Å². The molecule has 0 bridgehead atoms. The van der Waals surface area contributed by atoms with Crippen LogP contribution in [0.25, 0.3) is 5.65 Å². The molecule has 1 aliphatic rings. The first-order chi connectivity index (χ1) is 10.1. The van der Waals surface area contributed by atoms with E-state index in [4.69, 9.17) is 0 Å². The molecule has 2 aromatic heterocycles. The first kappa shape index (κ1) is 14.5. The molecule has 0 atom stereocenters. The van der Waals surface area contributed by atoms with Gasteiger partial charge in [0.1, 0.15) is 5.65 Å². The fourth-order valence-corrected chi connectivity index (χ4v) is 4.54. The van der Waals surface area contributed by atoms with Crippen LogP contribution in [0.2, 0.25) is 0 Å². The molecule has 0 aromatic carbocycles. The average Bonchev–Trinajstić information content (AvgIpc) is 3.09. The summed E-state index contributed by atoms with van der Waals surface area (Å²) in [5, 5.41) is 0. The van der Waals surface area contributed by atoms with E-state index in [1.165, 1.54) is 4.31 Å². The number of nitrogens with zero attached hydrogens (tertiary/aromatic N) is 3. The summed E-state index contributed by atoms with van der Waals surface area (Å²) in [5.74, 6) is 0.611. The Bertz CT molecular complexity index is 717. The number of aromatic nitrogens is 2. The molecular weight excluding hydrogens is 286 g/mol. The van der Waals surface area contributed by atoms with Crippen LogP contribution in [0.5, 0.6) is 0 Å². The van der Waals surface area contributed by atoms with Gasteiger partial charge in [0.15, 0.2) is 0 Å². The Morgan fingerprint density at radius 3 is 2.86 bits per heavy atom. The van der Waals surface area contributed by atoms with E-state index in [0.29, 0.717) is 12.5 Å². The van der Waals surface area contributed by atoms with Crippen molar-refractivity contribution in [3.05, 3.63) is 36.3 Å². The molecule has 0 saturated heterocycles. The van der Waals surface area contributed by atoms with Crippen LogP contribution in [0, 0.1) is 5.92 Å². The Morgan fingerprint density at radius 2 is 2.10 bits per heavy atom. The van der Waals surface area contributed by atoms with Crippen LogP contribution in [0.15, 0.2) is 30.6 Å². The quantitative estimate of drug-likeness (QED) is 0.851. The summed E-state index contributed by atoms with van der Waals surface area (Å²) in [6.07, 6.45) is 8.08. The molecule has 21 heavy (non-hydrogen) atoms. The number of imidazole rings is 1. The molecule has 2 aromatic rings. The van der Waals surface area contributed by atoms with E-state index in [2.05, 4.69) is 4.98 Å². The molecule has 2 heterocycles. The Balaban J connectivity index is 1.74. The molecule has 0 spiro atoms. The zero-order valence-corrected chi connectivity index (χ0v) is 13.1. The number of hydrogen-bond acceptors (Lipinski definition) is 3. The highest BCUT2D eigenvalue weighted by molar-refractivity contribution is 7.89. The molecule has 1 saturated carbocycles. The van der Waals surface area contributed by atoms with Gasteiger partial charge in [-0.3, -0.25) is 0 Å². The van der Waals surface area contributed by atoms with Crippen molar-refractivity contribution in [2.24, 2.45) is 5.92 Å². The molecule has 0 unspecified atom stereocenters. The van der Waals surface area contributed by atoms with Gasteiger partial charge in [-0.2, -0.15) is 4.31 Å². The monoisotopic (exact) mass is 307 g/mol. The van der Waals surface area contributed by atoms with E-state index >= 15 is 0 Å². The molecule has 0 amide bonds. The van der Waals surface area contributed by atoms with E-state index in [9.17, 15) is 8.42 Å². The Hall–Kier alpha value is -1.40. The lowest BCUT2D eigenvalue weighted by molar-refractivity contribution is 0.449. The number of rotatable bonds is 5. The lowest BCUT2D eigenvalue weighted by Gasteiger charge is -2.19. The van der Waals surface area contributed by atoms with Crippen LogP contribution in [0.4, 0.5) is 0 Å². The predicted molar refractivity (Wildman–Crippen MR) is 82.4 cm³/mol. The second kappa shape index (κ2) is 5.77. The highest BCUT2D eigenvalue weighted by atomic mass is 32.2. The lowest BCUT2D eigenvalue weighted by atomic mass is 10.1. The maximum Gasteiger partial charge on any atom is 0.214 e. The SMILES string of the molecule is CN(Cc1cnc2ccccn12)S(=O)(=O)CC1CCCC1. The van der Waals surface area contributed by atoms with Gasteiger partial charge in [-0.25, -0.2) is 13.4 Å². The fraction of sp³-hybridized carbons (Fsp3) is 0.533. The van der Waals surface area contributed by atoms with Crippen LogP contribution in [-0.4, -0.2) is 34.9 Å². The Labute approximate surface area is 125 Å². The third-order valence-corrected chi connectivity index (χ3v) is 6.25. The second-order valence-electron chi connectivity index (χ2n) is 5.86. The average molecular weight is 307 g/mol. The summed E-state index contributed by atoms with van der Waals surface area (Å²) >= 11 is 0. The maximum atomic E-state index is 12.4. The molecule has 0 aliphatic heterocycles. The molecule has 1 aliphatic carbocycles. The topological polar surface area (TPSA) is 54.7 Å².